The van der Waals surface area contributed by atoms with Crippen molar-refractivity contribution in [2.45, 2.75) is 51.2 Å². The Hall–Kier alpha value is -1.05. The molecular formula is C14H20FN. The summed E-state index contributed by atoms with van der Waals surface area (Å²) < 4.78 is 13.6. The van der Waals surface area contributed by atoms with Crippen molar-refractivity contribution in [1.82, 2.24) is 0 Å². The zero-order chi connectivity index (χ0) is 11.4. The van der Waals surface area contributed by atoms with Gasteiger partial charge in [0, 0.05) is 5.69 Å². The molecule has 0 heterocycles. The highest BCUT2D eigenvalue weighted by atomic mass is 19.1. The molecule has 1 aromatic rings. The summed E-state index contributed by atoms with van der Waals surface area (Å²) >= 11 is 0. The topological polar surface area (TPSA) is 12.0 Å². The third kappa shape index (κ3) is 2.75. The number of nitrogens with one attached hydrogen (secondary N) is 1. The molecule has 0 unspecified atom stereocenters. The maximum absolute atomic E-state index is 13.6. The minimum absolute atomic E-state index is 0.0150. The lowest BCUT2D eigenvalue weighted by atomic mass is 9.93. The zero-order valence-electron chi connectivity index (χ0n) is 9.88. The minimum Gasteiger partial charge on any atom is -0.379 e. The van der Waals surface area contributed by atoms with E-state index in [0.717, 1.165) is 31.4 Å². The van der Waals surface area contributed by atoms with Crippen LogP contribution in [0.15, 0.2) is 24.3 Å². The molecule has 1 nitrogen and oxygen atoms in total. The van der Waals surface area contributed by atoms with Gasteiger partial charge in [-0.15, -0.1) is 0 Å². The van der Waals surface area contributed by atoms with E-state index in [9.17, 15) is 4.39 Å². The van der Waals surface area contributed by atoms with Gasteiger partial charge in [-0.3, -0.25) is 0 Å². The summed E-state index contributed by atoms with van der Waals surface area (Å²) in [5.41, 5.74) is 2.37. The van der Waals surface area contributed by atoms with Gasteiger partial charge >= 0.3 is 0 Å². The van der Waals surface area contributed by atoms with E-state index in [1.807, 2.05) is 0 Å². The molecule has 0 bridgehead atoms. The largest absolute Gasteiger partial charge is 0.379 e. The number of hydrogen-bond acceptors (Lipinski definition) is 1. The van der Waals surface area contributed by atoms with Crippen LogP contribution in [0.1, 0.15) is 38.2 Å². The Kier molecular flexibility index (Phi) is 3.81. The second-order valence-corrected chi connectivity index (χ2v) is 4.60. The van der Waals surface area contributed by atoms with Crippen LogP contribution in [0.25, 0.3) is 0 Å². The molecule has 1 fully saturated rings. The van der Waals surface area contributed by atoms with Crippen LogP contribution in [0.4, 0.5) is 10.1 Å². The summed E-state index contributed by atoms with van der Waals surface area (Å²) in [5, 5.41) is 3.31. The van der Waals surface area contributed by atoms with Gasteiger partial charge in [0.05, 0.1) is 6.04 Å². The van der Waals surface area contributed by atoms with E-state index in [0.29, 0.717) is 6.42 Å². The van der Waals surface area contributed by atoms with Crippen molar-refractivity contribution >= 4 is 5.69 Å². The van der Waals surface area contributed by atoms with Crippen molar-refractivity contribution in [2.24, 2.45) is 0 Å². The van der Waals surface area contributed by atoms with E-state index >= 15 is 0 Å². The molecule has 0 amide bonds. The van der Waals surface area contributed by atoms with Crippen LogP contribution >= 0.6 is 0 Å². The average Bonchev–Trinajstić information content (AvgIpc) is 2.33. The van der Waals surface area contributed by atoms with Gasteiger partial charge in [-0.05, 0) is 37.0 Å². The number of alkyl halides is 1. The van der Waals surface area contributed by atoms with E-state index < -0.39 is 6.17 Å². The molecule has 2 heteroatoms. The molecule has 2 rings (SSSR count). The smallest absolute Gasteiger partial charge is 0.120 e. The fourth-order valence-corrected chi connectivity index (χ4v) is 2.30. The molecule has 2 atom stereocenters. The van der Waals surface area contributed by atoms with Gasteiger partial charge in [0.15, 0.2) is 0 Å². The zero-order valence-corrected chi connectivity index (χ0v) is 9.88. The maximum Gasteiger partial charge on any atom is 0.120 e. The molecule has 1 N–H and O–H groups in total. The van der Waals surface area contributed by atoms with Gasteiger partial charge in [-0.1, -0.05) is 31.9 Å². The quantitative estimate of drug-likeness (QED) is 0.815. The van der Waals surface area contributed by atoms with Gasteiger partial charge in [0.25, 0.3) is 0 Å². The van der Waals surface area contributed by atoms with Crippen molar-refractivity contribution < 1.29 is 4.39 Å². The summed E-state index contributed by atoms with van der Waals surface area (Å²) in [6.45, 7) is 2.14. The molecule has 1 aliphatic carbocycles. The summed E-state index contributed by atoms with van der Waals surface area (Å²) in [4.78, 5) is 0. The lowest BCUT2D eigenvalue weighted by Crippen LogP contribution is -2.33. The number of benzene rings is 1. The Morgan fingerprint density at radius 1 is 1.19 bits per heavy atom. The van der Waals surface area contributed by atoms with Gasteiger partial charge < -0.3 is 5.32 Å². The van der Waals surface area contributed by atoms with Gasteiger partial charge in [-0.25, -0.2) is 4.39 Å². The summed E-state index contributed by atoms with van der Waals surface area (Å²) in [6.07, 6.45) is 4.22. The van der Waals surface area contributed by atoms with Crippen molar-refractivity contribution in [3.63, 3.8) is 0 Å². The van der Waals surface area contributed by atoms with Crippen molar-refractivity contribution in [2.75, 3.05) is 5.32 Å². The Morgan fingerprint density at radius 2 is 1.88 bits per heavy atom. The molecule has 16 heavy (non-hydrogen) atoms. The first kappa shape index (κ1) is 11.4. The molecule has 1 aliphatic rings. The normalized spacial score (nSPS) is 25.4. The molecule has 0 radical (unpaired) electrons. The predicted octanol–water partition coefficient (Wildman–Crippen LogP) is 3.94. The predicted molar refractivity (Wildman–Crippen MR) is 66.6 cm³/mol. The summed E-state index contributed by atoms with van der Waals surface area (Å²) in [7, 11) is 0. The fraction of sp³-hybridized carbons (Fsp3) is 0.571. The van der Waals surface area contributed by atoms with E-state index in [1.54, 1.807) is 0 Å². The first-order chi connectivity index (χ1) is 7.79. The highest BCUT2D eigenvalue weighted by Gasteiger charge is 2.24. The molecule has 0 aliphatic heterocycles. The van der Waals surface area contributed by atoms with Crippen molar-refractivity contribution in [3.05, 3.63) is 29.8 Å². The van der Waals surface area contributed by atoms with Crippen LogP contribution in [0.3, 0.4) is 0 Å². The average molecular weight is 221 g/mol. The minimum atomic E-state index is -0.681. The molecule has 1 saturated carbocycles. The highest BCUT2D eigenvalue weighted by molar-refractivity contribution is 5.45. The van der Waals surface area contributed by atoms with E-state index in [1.165, 1.54) is 5.56 Å². The third-order valence-corrected chi connectivity index (χ3v) is 3.40. The van der Waals surface area contributed by atoms with E-state index in [4.69, 9.17) is 0 Å². The van der Waals surface area contributed by atoms with Gasteiger partial charge in [0.1, 0.15) is 6.17 Å². The number of anilines is 1. The summed E-state index contributed by atoms with van der Waals surface area (Å²) in [5.74, 6) is 0. The molecule has 0 aromatic heterocycles. The third-order valence-electron chi connectivity index (χ3n) is 3.40. The second kappa shape index (κ2) is 5.33. The standard InChI is InChI=1S/C14H20FN/c1-2-11-7-9-12(10-8-11)16-14-6-4-3-5-13(14)15/h7-10,13-14,16H,2-6H2,1H3/t13-,14-/m1/s1. The Labute approximate surface area is 97.1 Å². The molecule has 1 aromatic carbocycles. The Bertz CT molecular complexity index is 320. The molecule has 0 spiro atoms. The SMILES string of the molecule is CCc1ccc(N[C@@H]2CCCC[C@H]2F)cc1. The monoisotopic (exact) mass is 221 g/mol. The lowest BCUT2D eigenvalue weighted by molar-refractivity contribution is 0.230. The van der Waals surface area contributed by atoms with Gasteiger partial charge in [-0.2, -0.15) is 0 Å². The van der Waals surface area contributed by atoms with Crippen LogP contribution in [0.5, 0.6) is 0 Å². The maximum atomic E-state index is 13.6. The summed E-state index contributed by atoms with van der Waals surface area (Å²) in [6, 6.07) is 8.35. The van der Waals surface area contributed by atoms with E-state index in [-0.39, 0.29) is 6.04 Å². The molecule has 88 valence electrons. The van der Waals surface area contributed by atoms with Crippen LogP contribution < -0.4 is 5.32 Å². The number of halogens is 1. The van der Waals surface area contributed by atoms with Crippen LogP contribution in [-0.4, -0.2) is 12.2 Å². The van der Waals surface area contributed by atoms with Crippen LogP contribution in [0.2, 0.25) is 0 Å². The fourth-order valence-electron chi connectivity index (χ4n) is 2.30. The highest BCUT2D eigenvalue weighted by Crippen LogP contribution is 2.24. The lowest BCUT2D eigenvalue weighted by Gasteiger charge is -2.27. The first-order valence-corrected chi connectivity index (χ1v) is 6.29. The van der Waals surface area contributed by atoms with Gasteiger partial charge in [0.2, 0.25) is 0 Å². The Morgan fingerprint density at radius 3 is 2.50 bits per heavy atom. The van der Waals surface area contributed by atoms with Crippen molar-refractivity contribution in [1.29, 1.82) is 0 Å². The number of hydrogen-bond donors (Lipinski definition) is 1. The first-order valence-electron chi connectivity index (χ1n) is 6.29. The Balaban J connectivity index is 1.96. The number of rotatable bonds is 3. The van der Waals surface area contributed by atoms with Crippen LogP contribution in [0, 0.1) is 0 Å². The molecule has 0 saturated heterocycles. The van der Waals surface area contributed by atoms with Crippen LogP contribution in [-0.2, 0) is 6.42 Å². The molecular weight excluding hydrogens is 201 g/mol. The number of aryl methyl sites for hydroxylation is 1. The second-order valence-electron chi connectivity index (χ2n) is 4.60. The van der Waals surface area contributed by atoms with E-state index in [2.05, 4.69) is 36.5 Å². The van der Waals surface area contributed by atoms with Crippen molar-refractivity contribution in [3.8, 4) is 0 Å².